The van der Waals surface area contributed by atoms with Crippen LogP contribution in [0.25, 0.3) is 5.52 Å². The molecule has 0 bridgehead atoms. The van der Waals surface area contributed by atoms with Crippen LogP contribution in [0.5, 0.6) is 0 Å². The largest absolute Gasteiger partial charge is 0.481 e. The highest BCUT2D eigenvalue weighted by atomic mass is 16.4. The van der Waals surface area contributed by atoms with E-state index in [1.807, 2.05) is 15.5 Å². The molecule has 3 rings (SSSR count). The molecule has 6 nitrogen and oxygen atoms in total. The van der Waals surface area contributed by atoms with E-state index < -0.39 is 5.97 Å². The molecular weight excluding hydrogens is 232 g/mol. The Bertz CT molecular complexity index is 580. The van der Waals surface area contributed by atoms with Crippen molar-refractivity contribution in [3.8, 4) is 0 Å². The standard InChI is InChI=1S/C12H14N4O2/c17-12(18)9-2-1-4-15(7-9)11-10-6-13-3-5-16(10)8-14-11/h3,5-6,8-9H,1-2,4,7H2,(H,17,18). The molecule has 2 aromatic heterocycles. The quantitative estimate of drug-likeness (QED) is 0.857. The predicted octanol–water partition coefficient (Wildman–Crippen LogP) is 1.03. The van der Waals surface area contributed by atoms with E-state index in [1.54, 1.807) is 18.7 Å². The SMILES string of the molecule is O=C(O)C1CCCN(c2ncn3ccncc23)C1. The minimum Gasteiger partial charge on any atom is -0.481 e. The monoisotopic (exact) mass is 246 g/mol. The van der Waals surface area contributed by atoms with Crippen LogP contribution in [0.3, 0.4) is 0 Å². The van der Waals surface area contributed by atoms with Crippen LogP contribution in [0.1, 0.15) is 12.8 Å². The summed E-state index contributed by atoms with van der Waals surface area (Å²) in [7, 11) is 0. The van der Waals surface area contributed by atoms with Gasteiger partial charge in [-0.05, 0) is 12.8 Å². The molecule has 1 atom stereocenters. The van der Waals surface area contributed by atoms with Crippen LogP contribution in [-0.4, -0.2) is 38.5 Å². The summed E-state index contributed by atoms with van der Waals surface area (Å²) in [5.74, 6) is -0.192. The van der Waals surface area contributed by atoms with E-state index >= 15 is 0 Å². The van der Waals surface area contributed by atoms with Crippen LogP contribution in [-0.2, 0) is 4.79 Å². The van der Waals surface area contributed by atoms with Gasteiger partial charge in [0, 0.05) is 25.5 Å². The zero-order valence-electron chi connectivity index (χ0n) is 9.86. The molecule has 1 aliphatic rings. The molecule has 0 aliphatic carbocycles. The summed E-state index contributed by atoms with van der Waals surface area (Å²) in [6, 6.07) is 0. The smallest absolute Gasteiger partial charge is 0.308 e. The zero-order chi connectivity index (χ0) is 12.5. The van der Waals surface area contributed by atoms with Crippen molar-refractivity contribution in [3.05, 3.63) is 24.9 Å². The van der Waals surface area contributed by atoms with Gasteiger partial charge in [-0.15, -0.1) is 0 Å². The Labute approximate surface area is 104 Å². The maximum atomic E-state index is 11.1. The van der Waals surface area contributed by atoms with E-state index in [-0.39, 0.29) is 5.92 Å². The van der Waals surface area contributed by atoms with Gasteiger partial charge in [0.25, 0.3) is 0 Å². The molecule has 18 heavy (non-hydrogen) atoms. The average molecular weight is 246 g/mol. The van der Waals surface area contributed by atoms with Gasteiger partial charge in [-0.2, -0.15) is 0 Å². The number of rotatable bonds is 2. The van der Waals surface area contributed by atoms with Crippen LogP contribution >= 0.6 is 0 Å². The summed E-state index contributed by atoms with van der Waals surface area (Å²) in [6.45, 7) is 1.38. The van der Waals surface area contributed by atoms with Gasteiger partial charge in [0.05, 0.1) is 12.1 Å². The van der Waals surface area contributed by atoms with Gasteiger partial charge < -0.3 is 14.4 Å². The Kier molecular flexibility index (Phi) is 2.62. The Morgan fingerprint density at radius 2 is 2.39 bits per heavy atom. The molecule has 2 aromatic rings. The van der Waals surface area contributed by atoms with Crippen LogP contribution in [0.2, 0.25) is 0 Å². The number of carboxylic acids is 1. The van der Waals surface area contributed by atoms with Crippen molar-refractivity contribution in [1.29, 1.82) is 0 Å². The van der Waals surface area contributed by atoms with E-state index in [0.717, 1.165) is 30.7 Å². The van der Waals surface area contributed by atoms with E-state index in [0.29, 0.717) is 6.54 Å². The van der Waals surface area contributed by atoms with Crippen molar-refractivity contribution in [1.82, 2.24) is 14.4 Å². The third-order valence-corrected chi connectivity index (χ3v) is 3.39. The first-order chi connectivity index (χ1) is 8.75. The first kappa shape index (κ1) is 11.0. The second kappa shape index (κ2) is 4.29. The molecule has 6 heteroatoms. The number of carboxylic acid groups (broad SMARTS) is 1. The number of nitrogens with zero attached hydrogens (tertiary/aromatic N) is 4. The third kappa shape index (κ3) is 1.79. The maximum Gasteiger partial charge on any atom is 0.308 e. The number of imidazole rings is 1. The number of aliphatic carboxylic acids is 1. The molecule has 0 aromatic carbocycles. The molecule has 94 valence electrons. The first-order valence-electron chi connectivity index (χ1n) is 6.00. The van der Waals surface area contributed by atoms with E-state index in [2.05, 4.69) is 9.97 Å². The van der Waals surface area contributed by atoms with Crippen molar-refractivity contribution < 1.29 is 9.90 Å². The van der Waals surface area contributed by atoms with Gasteiger partial charge in [0.2, 0.25) is 0 Å². The lowest BCUT2D eigenvalue weighted by Gasteiger charge is -2.30. The average Bonchev–Trinajstić information content (AvgIpc) is 2.82. The number of carbonyl (C=O) groups is 1. The van der Waals surface area contributed by atoms with Crippen molar-refractivity contribution in [2.24, 2.45) is 5.92 Å². The molecular formula is C12H14N4O2. The molecule has 1 aliphatic heterocycles. The number of hydrogen-bond donors (Lipinski definition) is 1. The molecule has 0 spiro atoms. The number of hydrogen-bond acceptors (Lipinski definition) is 4. The summed E-state index contributed by atoms with van der Waals surface area (Å²) < 4.78 is 1.90. The topological polar surface area (TPSA) is 70.7 Å². The van der Waals surface area contributed by atoms with E-state index in [9.17, 15) is 4.79 Å². The molecule has 0 radical (unpaired) electrons. The molecule has 0 amide bonds. The number of fused-ring (bicyclic) bond motifs is 1. The number of piperidine rings is 1. The summed E-state index contributed by atoms with van der Waals surface area (Å²) in [5.41, 5.74) is 0.920. The van der Waals surface area contributed by atoms with Gasteiger partial charge in [-0.1, -0.05) is 0 Å². The van der Waals surface area contributed by atoms with Crippen LogP contribution < -0.4 is 4.90 Å². The number of aromatic nitrogens is 3. The fraction of sp³-hybridized carbons (Fsp3) is 0.417. The maximum absolute atomic E-state index is 11.1. The lowest BCUT2D eigenvalue weighted by molar-refractivity contribution is -0.141. The Morgan fingerprint density at radius 1 is 1.50 bits per heavy atom. The fourth-order valence-corrected chi connectivity index (χ4v) is 2.44. The summed E-state index contributed by atoms with van der Waals surface area (Å²) in [6.07, 6.45) is 8.66. The number of anilines is 1. The summed E-state index contributed by atoms with van der Waals surface area (Å²) in [5, 5.41) is 9.10. The highest BCUT2D eigenvalue weighted by Gasteiger charge is 2.27. The first-order valence-corrected chi connectivity index (χ1v) is 6.00. The molecule has 3 heterocycles. The summed E-state index contributed by atoms with van der Waals surface area (Å²) >= 11 is 0. The van der Waals surface area contributed by atoms with Crippen LogP contribution in [0.15, 0.2) is 24.9 Å². The van der Waals surface area contributed by atoms with Crippen molar-refractivity contribution >= 4 is 17.3 Å². The normalized spacial score (nSPS) is 20.2. The predicted molar refractivity (Wildman–Crippen MR) is 65.6 cm³/mol. The third-order valence-electron chi connectivity index (χ3n) is 3.39. The molecule has 1 N–H and O–H groups in total. The Hall–Kier alpha value is -2.11. The second-order valence-electron chi connectivity index (χ2n) is 4.56. The highest BCUT2D eigenvalue weighted by Crippen LogP contribution is 2.25. The molecule has 1 unspecified atom stereocenters. The fourth-order valence-electron chi connectivity index (χ4n) is 2.44. The summed E-state index contributed by atoms with van der Waals surface area (Å²) in [4.78, 5) is 21.6. The highest BCUT2D eigenvalue weighted by molar-refractivity contribution is 5.73. The minimum atomic E-state index is -0.721. The Balaban J connectivity index is 1.92. The molecule has 0 saturated carbocycles. The lowest BCUT2D eigenvalue weighted by Crippen LogP contribution is -2.39. The van der Waals surface area contributed by atoms with E-state index in [1.165, 1.54) is 0 Å². The second-order valence-corrected chi connectivity index (χ2v) is 4.56. The van der Waals surface area contributed by atoms with Crippen molar-refractivity contribution in [3.63, 3.8) is 0 Å². The lowest BCUT2D eigenvalue weighted by atomic mass is 9.98. The van der Waals surface area contributed by atoms with Gasteiger partial charge >= 0.3 is 5.97 Å². The van der Waals surface area contributed by atoms with Crippen molar-refractivity contribution in [2.75, 3.05) is 18.0 Å². The Morgan fingerprint density at radius 3 is 3.22 bits per heavy atom. The van der Waals surface area contributed by atoms with Crippen LogP contribution in [0, 0.1) is 5.92 Å². The van der Waals surface area contributed by atoms with Gasteiger partial charge in [0.1, 0.15) is 11.8 Å². The van der Waals surface area contributed by atoms with Gasteiger partial charge in [-0.25, -0.2) is 4.98 Å². The minimum absolute atomic E-state index is 0.299. The molecule has 1 saturated heterocycles. The van der Waals surface area contributed by atoms with Gasteiger partial charge in [-0.3, -0.25) is 9.78 Å². The van der Waals surface area contributed by atoms with E-state index in [4.69, 9.17) is 5.11 Å². The van der Waals surface area contributed by atoms with Gasteiger partial charge in [0.15, 0.2) is 5.82 Å². The van der Waals surface area contributed by atoms with Crippen molar-refractivity contribution in [2.45, 2.75) is 12.8 Å². The van der Waals surface area contributed by atoms with Crippen LogP contribution in [0.4, 0.5) is 5.82 Å². The molecule has 1 fully saturated rings. The zero-order valence-corrected chi connectivity index (χ0v) is 9.86.